The van der Waals surface area contributed by atoms with Crippen LogP contribution in [-0.4, -0.2) is 40.6 Å². The highest BCUT2D eigenvalue weighted by Crippen LogP contribution is 2.16. The van der Waals surface area contributed by atoms with E-state index < -0.39 is 0 Å². The quantitative estimate of drug-likeness (QED) is 0.726. The first-order valence-corrected chi connectivity index (χ1v) is 7.72. The molecule has 1 amide bonds. The molecule has 0 spiro atoms. The van der Waals surface area contributed by atoms with E-state index in [-0.39, 0.29) is 29.9 Å². The smallest absolute Gasteiger partial charge is 0.296 e. The van der Waals surface area contributed by atoms with E-state index in [0.29, 0.717) is 36.6 Å². The molecule has 0 saturated carbocycles. The maximum absolute atomic E-state index is 12.3. The molecule has 0 aliphatic heterocycles. The fourth-order valence-electron chi connectivity index (χ4n) is 2.34. The van der Waals surface area contributed by atoms with Crippen molar-refractivity contribution < 1.29 is 14.1 Å². The van der Waals surface area contributed by atoms with Gasteiger partial charge in [-0.25, -0.2) is 4.68 Å². The first kappa shape index (κ1) is 17.1. The highest BCUT2D eigenvalue weighted by atomic mass is 16.5. The number of carbonyl (C=O) groups is 1. The normalized spacial score (nSPS) is 11.1. The van der Waals surface area contributed by atoms with Crippen LogP contribution in [0.3, 0.4) is 0 Å². The monoisotopic (exact) mass is 322 g/mol. The molecule has 0 aromatic carbocycles. The second-order valence-electron chi connectivity index (χ2n) is 5.23. The van der Waals surface area contributed by atoms with E-state index >= 15 is 0 Å². The lowest BCUT2D eigenvalue weighted by atomic mass is 10.2. The van der Waals surface area contributed by atoms with Gasteiger partial charge in [-0.3, -0.25) is 9.59 Å². The summed E-state index contributed by atoms with van der Waals surface area (Å²) in [6.07, 6.45) is 0.949. The number of nitrogens with zero attached hydrogens (tertiary/aromatic N) is 3. The van der Waals surface area contributed by atoms with Crippen molar-refractivity contribution in [2.24, 2.45) is 0 Å². The first-order valence-electron chi connectivity index (χ1n) is 7.72. The van der Waals surface area contributed by atoms with Gasteiger partial charge in [0.05, 0.1) is 17.6 Å². The Hall–Kier alpha value is -2.22. The fraction of sp³-hybridized carbons (Fsp3) is 0.600. The van der Waals surface area contributed by atoms with Crippen molar-refractivity contribution in [1.82, 2.24) is 20.3 Å². The molecule has 0 fully saturated rings. The molecule has 2 aromatic heterocycles. The summed E-state index contributed by atoms with van der Waals surface area (Å²) < 4.78 is 11.5. The van der Waals surface area contributed by atoms with Crippen LogP contribution < -0.4 is 10.9 Å². The van der Waals surface area contributed by atoms with Crippen LogP contribution in [0, 0.1) is 13.8 Å². The second kappa shape index (κ2) is 7.87. The van der Waals surface area contributed by atoms with Gasteiger partial charge in [0.25, 0.3) is 5.56 Å². The Balaban J connectivity index is 1.93. The largest absolute Gasteiger partial charge is 0.382 e. The lowest BCUT2D eigenvalue weighted by molar-refractivity contribution is -0.121. The second-order valence-corrected chi connectivity index (χ2v) is 5.23. The number of hydrogen-bond donors (Lipinski definition) is 1. The van der Waals surface area contributed by atoms with Gasteiger partial charge in [-0.1, -0.05) is 5.16 Å². The number of hydrogen-bond acceptors (Lipinski definition) is 6. The molecule has 0 radical (unpaired) electrons. The van der Waals surface area contributed by atoms with Crippen molar-refractivity contribution in [2.75, 3.05) is 19.8 Å². The van der Waals surface area contributed by atoms with Crippen molar-refractivity contribution in [2.45, 2.75) is 40.2 Å². The van der Waals surface area contributed by atoms with Gasteiger partial charge in [-0.2, -0.15) is 5.10 Å². The Kier molecular flexibility index (Phi) is 5.86. The molecule has 8 heteroatoms. The molecule has 0 aliphatic rings. The number of ether oxygens (including phenoxy) is 1. The third-order valence-corrected chi connectivity index (χ3v) is 3.47. The van der Waals surface area contributed by atoms with Gasteiger partial charge in [-0.05, 0) is 27.2 Å². The van der Waals surface area contributed by atoms with E-state index in [2.05, 4.69) is 15.6 Å². The Labute approximate surface area is 133 Å². The zero-order chi connectivity index (χ0) is 16.8. The van der Waals surface area contributed by atoms with E-state index in [1.165, 1.54) is 4.68 Å². The molecule has 0 unspecified atom stereocenters. The minimum absolute atomic E-state index is 0.121. The van der Waals surface area contributed by atoms with Crippen molar-refractivity contribution in [3.05, 3.63) is 21.8 Å². The van der Waals surface area contributed by atoms with Crippen molar-refractivity contribution in [1.29, 1.82) is 0 Å². The summed E-state index contributed by atoms with van der Waals surface area (Å²) >= 11 is 0. The number of aromatic nitrogens is 3. The molecule has 2 aromatic rings. The molecule has 2 rings (SSSR count). The van der Waals surface area contributed by atoms with Gasteiger partial charge in [-0.15, -0.1) is 0 Å². The van der Waals surface area contributed by atoms with E-state index in [1.807, 2.05) is 6.92 Å². The van der Waals surface area contributed by atoms with Crippen LogP contribution in [0.15, 0.2) is 9.32 Å². The minimum Gasteiger partial charge on any atom is -0.382 e. The van der Waals surface area contributed by atoms with Crippen molar-refractivity contribution in [3.8, 4) is 0 Å². The van der Waals surface area contributed by atoms with E-state index in [4.69, 9.17) is 9.26 Å². The van der Waals surface area contributed by atoms with Crippen LogP contribution in [-0.2, 0) is 16.1 Å². The summed E-state index contributed by atoms with van der Waals surface area (Å²) in [5.74, 6) is 0.450. The maximum atomic E-state index is 12.3. The highest BCUT2D eigenvalue weighted by Gasteiger charge is 2.15. The van der Waals surface area contributed by atoms with Crippen molar-refractivity contribution in [3.63, 3.8) is 0 Å². The summed E-state index contributed by atoms with van der Waals surface area (Å²) in [7, 11) is 0. The van der Waals surface area contributed by atoms with Crippen molar-refractivity contribution >= 4 is 16.8 Å². The molecule has 2 heterocycles. The van der Waals surface area contributed by atoms with Gasteiger partial charge in [0.1, 0.15) is 5.76 Å². The number of aryl methyl sites for hydroxylation is 3. The molecular weight excluding hydrogens is 300 g/mol. The molecule has 0 atom stereocenters. The molecule has 0 bridgehead atoms. The van der Waals surface area contributed by atoms with E-state index in [9.17, 15) is 9.59 Å². The summed E-state index contributed by atoms with van der Waals surface area (Å²) in [5, 5.41) is 11.4. The summed E-state index contributed by atoms with van der Waals surface area (Å²) in [6.45, 7) is 7.52. The van der Waals surface area contributed by atoms with Crippen LogP contribution in [0.1, 0.15) is 31.2 Å². The molecule has 126 valence electrons. The van der Waals surface area contributed by atoms with Crippen LogP contribution >= 0.6 is 0 Å². The van der Waals surface area contributed by atoms with Crippen LogP contribution in [0.25, 0.3) is 10.9 Å². The van der Waals surface area contributed by atoms with Gasteiger partial charge in [0.15, 0.2) is 5.52 Å². The van der Waals surface area contributed by atoms with E-state index in [0.717, 1.165) is 6.42 Å². The Bertz CT molecular complexity index is 735. The van der Waals surface area contributed by atoms with Gasteiger partial charge >= 0.3 is 0 Å². The Morgan fingerprint density at radius 2 is 2.17 bits per heavy atom. The number of carbonyl (C=O) groups excluding carboxylic acids is 1. The lowest BCUT2D eigenvalue weighted by Gasteiger charge is -2.07. The first-order chi connectivity index (χ1) is 11.0. The Morgan fingerprint density at radius 1 is 1.39 bits per heavy atom. The zero-order valence-corrected chi connectivity index (χ0v) is 13.7. The molecule has 0 saturated heterocycles. The van der Waals surface area contributed by atoms with Crippen LogP contribution in [0.5, 0.6) is 0 Å². The summed E-state index contributed by atoms with van der Waals surface area (Å²) in [5.41, 5.74) is 0.578. The topological polar surface area (TPSA) is 99.2 Å². The molecule has 0 aliphatic carbocycles. The van der Waals surface area contributed by atoms with Crippen LogP contribution in [0.4, 0.5) is 0 Å². The average Bonchev–Trinajstić information content (AvgIpc) is 2.92. The third kappa shape index (κ3) is 4.16. The molecule has 23 heavy (non-hydrogen) atoms. The van der Waals surface area contributed by atoms with Crippen LogP contribution in [0.2, 0.25) is 0 Å². The molecular formula is C15H22N4O4. The Morgan fingerprint density at radius 3 is 2.91 bits per heavy atom. The summed E-state index contributed by atoms with van der Waals surface area (Å²) in [6, 6.07) is 0. The average molecular weight is 322 g/mol. The summed E-state index contributed by atoms with van der Waals surface area (Å²) in [4.78, 5) is 24.1. The number of nitrogens with one attached hydrogen (secondary N) is 1. The van der Waals surface area contributed by atoms with E-state index in [1.54, 1.807) is 13.8 Å². The SMILES string of the molecule is CCOCCCNC(=O)CCn1nc(C)c2c(C)onc2c1=O. The molecule has 1 N–H and O–H groups in total. The number of rotatable bonds is 8. The lowest BCUT2D eigenvalue weighted by Crippen LogP contribution is -2.30. The molecule has 8 nitrogen and oxygen atoms in total. The van der Waals surface area contributed by atoms with Gasteiger partial charge < -0.3 is 14.6 Å². The van der Waals surface area contributed by atoms with Gasteiger partial charge in [0.2, 0.25) is 5.91 Å². The fourth-order valence-corrected chi connectivity index (χ4v) is 2.34. The van der Waals surface area contributed by atoms with Gasteiger partial charge in [0, 0.05) is 26.2 Å². The predicted octanol–water partition coefficient (Wildman–Crippen LogP) is 0.934. The number of fused-ring (bicyclic) bond motifs is 1. The third-order valence-electron chi connectivity index (χ3n) is 3.47. The highest BCUT2D eigenvalue weighted by molar-refractivity contribution is 5.81. The maximum Gasteiger partial charge on any atom is 0.296 e. The zero-order valence-electron chi connectivity index (χ0n) is 13.7. The minimum atomic E-state index is -0.341. The number of amides is 1. The standard InChI is InChI=1S/C15H22N4O4/c1-4-22-9-5-7-16-12(20)6-8-19-15(21)14-13(10(2)17-19)11(3)23-18-14/h4-9H2,1-3H3,(H,16,20). The predicted molar refractivity (Wildman–Crippen MR) is 84.3 cm³/mol.